The van der Waals surface area contributed by atoms with Crippen molar-refractivity contribution in [2.75, 3.05) is 13.1 Å². The number of amides is 1. The van der Waals surface area contributed by atoms with Crippen LogP contribution in [0.2, 0.25) is 0 Å². The molecule has 3 nitrogen and oxygen atoms in total. The minimum Gasteiger partial charge on any atom is -0.444 e. The summed E-state index contributed by atoms with van der Waals surface area (Å²) < 4.78 is 31.9. The highest BCUT2D eigenvalue weighted by molar-refractivity contribution is 5.68. The van der Waals surface area contributed by atoms with Crippen LogP contribution in [0.25, 0.3) is 0 Å². The van der Waals surface area contributed by atoms with Crippen molar-refractivity contribution in [3.63, 3.8) is 0 Å². The van der Waals surface area contributed by atoms with Crippen molar-refractivity contribution in [3.8, 4) is 0 Å². The average Bonchev–Trinajstić information content (AvgIpc) is 2.69. The molecule has 1 amide bonds. The normalized spacial score (nSPS) is 31.1. The number of hydrogen-bond acceptors (Lipinski definition) is 2. The molecule has 2 fully saturated rings. The van der Waals surface area contributed by atoms with Crippen molar-refractivity contribution in [2.45, 2.75) is 58.0 Å². The van der Waals surface area contributed by atoms with E-state index in [1.807, 2.05) is 0 Å². The lowest BCUT2D eigenvalue weighted by molar-refractivity contribution is -0.00455. The monoisotopic (exact) mass is 261 g/mol. The zero-order valence-electron chi connectivity index (χ0n) is 11.3. The highest BCUT2D eigenvalue weighted by Gasteiger charge is 2.53. The Morgan fingerprint density at radius 2 is 1.89 bits per heavy atom. The number of carbonyl (C=O) groups excluding carboxylic acids is 1. The molecule has 5 heteroatoms. The van der Waals surface area contributed by atoms with Gasteiger partial charge in [0.1, 0.15) is 5.60 Å². The topological polar surface area (TPSA) is 29.5 Å². The fourth-order valence-corrected chi connectivity index (χ4v) is 2.94. The van der Waals surface area contributed by atoms with Crippen molar-refractivity contribution >= 4 is 6.09 Å². The molecule has 18 heavy (non-hydrogen) atoms. The van der Waals surface area contributed by atoms with Gasteiger partial charge < -0.3 is 9.64 Å². The fourth-order valence-electron chi connectivity index (χ4n) is 2.94. The minimum atomic E-state index is -2.55. The highest BCUT2D eigenvalue weighted by atomic mass is 19.3. The molecule has 0 aromatic rings. The van der Waals surface area contributed by atoms with Gasteiger partial charge in [-0.1, -0.05) is 0 Å². The van der Waals surface area contributed by atoms with Crippen molar-refractivity contribution in [2.24, 2.45) is 5.41 Å². The molecule has 0 N–H and O–H groups in total. The van der Waals surface area contributed by atoms with Crippen LogP contribution in [-0.2, 0) is 4.74 Å². The maximum Gasteiger partial charge on any atom is 0.410 e. The summed E-state index contributed by atoms with van der Waals surface area (Å²) in [7, 11) is 0. The summed E-state index contributed by atoms with van der Waals surface area (Å²) in [6.07, 6.45) is 0.671. The Bertz CT molecular complexity index is 351. The Kier molecular flexibility index (Phi) is 3.06. The molecular formula is C13H21F2NO2. The summed E-state index contributed by atoms with van der Waals surface area (Å²) in [5, 5.41) is 0. The molecule has 0 radical (unpaired) electrons. The molecular weight excluding hydrogens is 240 g/mol. The van der Waals surface area contributed by atoms with E-state index in [-0.39, 0.29) is 24.3 Å². The van der Waals surface area contributed by atoms with Gasteiger partial charge >= 0.3 is 6.09 Å². The number of carbonyl (C=O) groups is 1. The van der Waals surface area contributed by atoms with Crippen LogP contribution in [-0.4, -0.2) is 35.6 Å². The number of nitrogens with zero attached hydrogens (tertiary/aromatic N) is 1. The molecule has 1 saturated heterocycles. The number of halogens is 2. The molecule has 0 bridgehead atoms. The van der Waals surface area contributed by atoms with Crippen molar-refractivity contribution in [1.82, 2.24) is 4.90 Å². The molecule has 1 spiro atoms. The second-order valence-electron chi connectivity index (χ2n) is 6.68. The molecule has 2 rings (SSSR count). The number of rotatable bonds is 0. The summed E-state index contributed by atoms with van der Waals surface area (Å²) in [5.41, 5.74) is -0.910. The zero-order valence-corrected chi connectivity index (χ0v) is 11.3. The summed E-state index contributed by atoms with van der Waals surface area (Å²) >= 11 is 0. The van der Waals surface area contributed by atoms with E-state index in [1.165, 1.54) is 0 Å². The van der Waals surface area contributed by atoms with Gasteiger partial charge in [0, 0.05) is 25.9 Å². The number of alkyl halides is 2. The quantitative estimate of drug-likeness (QED) is 0.668. The maximum atomic E-state index is 13.3. The SMILES string of the molecule is CC(C)(C)OC(=O)N1CCC2(CCC(F)(F)C2)C1. The first-order chi connectivity index (χ1) is 8.11. The number of ether oxygens (including phenoxy) is 1. The lowest BCUT2D eigenvalue weighted by atomic mass is 9.85. The molecule has 2 aliphatic rings. The maximum absolute atomic E-state index is 13.3. The smallest absolute Gasteiger partial charge is 0.410 e. The predicted molar refractivity (Wildman–Crippen MR) is 63.7 cm³/mol. The molecule has 104 valence electrons. The Hall–Kier alpha value is -0.870. The molecule has 0 aromatic carbocycles. The van der Waals surface area contributed by atoms with Gasteiger partial charge in [0.05, 0.1) is 0 Å². The van der Waals surface area contributed by atoms with Crippen LogP contribution >= 0.6 is 0 Å². The van der Waals surface area contributed by atoms with Crippen molar-refractivity contribution in [3.05, 3.63) is 0 Å². The Labute approximate surface area is 106 Å². The van der Waals surface area contributed by atoms with E-state index in [0.717, 1.165) is 0 Å². The average molecular weight is 261 g/mol. The van der Waals surface area contributed by atoms with Gasteiger partial charge in [0.2, 0.25) is 5.92 Å². The third kappa shape index (κ3) is 2.93. The summed E-state index contributed by atoms with van der Waals surface area (Å²) in [4.78, 5) is 13.5. The predicted octanol–water partition coefficient (Wildman–Crippen LogP) is 3.43. The van der Waals surface area contributed by atoms with Gasteiger partial charge in [-0.05, 0) is 39.0 Å². The summed E-state index contributed by atoms with van der Waals surface area (Å²) in [5.74, 6) is -2.55. The van der Waals surface area contributed by atoms with Crippen LogP contribution in [0.3, 0.4) is 0 Å². The largest absolute Gasteiger partial charge is 0.444 e. The molecule has 0 aromatic heterocycles. The second-order valence-corrected chi connectivity index (χ2v) is 6.68. The highest BCUT2D eigenvalue weighted by Crippen LogP contribution is 2.52. The van der Waals surface area contributed by atoms with Crippen LogP contribution in [0.4, 0.5) is 13.6 Å². The van der Waals surface area contributed by atoms with Gasteiger partial charge in [-0.3, -0.25) is 0 Å². The molecule has 1 saturated carbocycles. The number of likely N-dealkylation sites (tertiary alicyclic amines) is 1. The molecule has 1 aliphatic heterocycles. The summed E-state index contributed by atoms with van der Waals surface area (Å²) in [6.45, 7) is 6.36. The van der Waals surface area contributed by atoms with Crippen molar-refractivity contribution < 1.29 is 18.3 Å². The van der Waals surface area contributed by atoms with Crippen LogP contribution in [0.5, 0.6) is 0 Å². The lowest BCUT2D eigenvalue weighted by Gasteiger charge is -2.26. The van der Waals surface area contributed by atoms with E-state index in [1.54, 1.807) is 25.7 Å². The fraction of sp³-hybridized carbons (Fsp3) is 0.923. The standard InChI is InChI=1S/C13H21F2NO2/c1-11(2,3)18-10(17)16-7-6-12(9-16)4-5-13(14,15)8-12/h4-9H2,1-3H3. The molecule has 1 atom stereocenters. The van der Waals surface area contributed by atoms with Crippen LogP contribution < -0.4 is 0 Å². The van der Waals surface area contributed by atoms with E-state index in [2.05, 4.69) is 0 Å². The first-order valence-corrected chi connectivity index (χ1v) is 6.47. The number of hydrogen-bond donors (Lipinski definition) is 0. The Balaban J connectivity index is 1.95. The molecule has 1 unspecified atom stereocenters. The van der Waals surface area contributed by atoms with Gasteiger partial charge in [-0.25, -0.2) is 13.6 Å². The van der Waals surface area contributed by atoms with Crippen molar-refractivity contribution in [1.29, 1.82) is 0 Å². The van der Waals surface area contributed by atoms with Crippen LogP contribution in [0, 0.1) is 5.41 Å². The van der Waals surface area contributed by atoms with Gasteiger partial charge in [-0.15, -0.1) is 0 Å². The molecule has 1 heterocycles. The van der Waals surface area contributed by atoms with Crippen LogP contribution in [0.1, 0.15) is 46.5 Å². The van der Waals surface area contributed by atoms with Crippen LogP contribution in [0.15, 0.2) is 0 Å². The Morgan fingerprint density at radius 3 is 2.39 bits per heavy atom. The second kappa shape index (κ2) is 4.07. The third-order valence-electron chi connectivity index (χ3n) is 3.74. The van der Waals surface area contributed by atoms with E-state index in [9.17, 15) is 13.6 Å². The van der Waals surface area contributed by atoms with E-state index >= 15 is 0 Å². The summed E-state index contributed by atoms with van der Waals surface area (Å²) in [6, 6.07) is 0. The molecule has 1 aliphatic carbocycles. The first kappa shape index (κ1) is 13.6. The first-order valence-electron chi connectivity index (χ1n) is 6.47. The van der Waals surface area contributed by atoms with E-state index in [4.69, 9.17) is 4.74 Å². The van der Waals surface area contributed by atoms with E-state index in [0.29, 0.717) is 25.9 Å². The third-order valence-corrected chi connectivity index (χ3v) is 3.74. The Morgan fingerprint density at radius 1 is 1.22 bits per heavy atom. The lowest BCUT2D eigenvalue weighted by Crippen LogP contribution is -2.36. The van der Waals surface area contributed by atoms with Gasteiger partial charge in [0.15, 0.2) is 0 Å². The van der Waals surface area contributed by atoms with E-state index < -0.39 is 11.5 Å². The minimum absolute atomic E-state index is 0.0465. The zero-order chi connectivity index (χ0) is 13.6. The van der Waals surface area contributed by atoms with Gasteiger partial charge in [0.25, 0.3) is 0 Å². The van der Waals surface area contributed by atoms with Gasteiger partial charge in [-0.2, -0.15) is 0 Å².